The molecule has 6 heteroatoms. The summed E-state index contributed by atoms with van der Waals surface area (Å²) < 4.78 is 5.26. The smallest absolute Gasteiger partial charge is 0.408 e. The van der Waals surface area contributed by atoms with Gasteiger partial charge in [-0.3, -0.25) is 4.79 Å². The summed E-state index contributed by atoms with van der Waals surface area (Å²) in [5.41, 5.74) is 4.58. The maximum atomic E-state index is 12.7. The van der Waals surface area contributed by atoms with Gasteiger partial charge in [0.15, 0.2) is 0 Å². The standard InChI is InChI=1S/C27H33N3O3/c31-25(24-23(29-26(32)33-24)19-20-7-2-1-3-8-20)28-15-6-16-30-17-13-27(14-18-30)12-11-21-9-4-5-10-22(21)27/h1-5,7-10,23-24H,6,11-19H2,(H,28,31)(H,29,32)/t23-,24-/m0/s1. The monoisotopic (exact) mass is 447 g/mol. The van der Waals surface area contributed by atoms with E-state index in [0.717, 1.165) is 31.6 Å². The molecule has 2 aromatic carbocycles. The Bertz CT molecular complexity index is 985. The molecule has 0 radical (unpaired) electrons. The maximum Gasteiger partial charge on any atom is 0.408 e. The lowest BCUT2D eigenvalue weighted by Gasteiger charge is -2.40. The number of amides is 2. The van der Waals surface area contributed by atoms with Gasteiger partial charge in [0.25, 0.3) is 5.91 Å². The van der Waals surface area contributed by atoms with Crippen molar-refractivity contribution in [1.29, 1.82) is 0 Å². The Balaban J connectivity index is 1.05. The van der Waals surface area contributed by atoms with Crippen LogP contribution in [0.4, 0.5) is 4.79 Å². The van der Waals surface area contributed by atoms with E-state index in [2.05, 4.69) is 39.8 Å². The first kappa shape index (κ1) is 22.0. The van der Waals surface area contributed by atoms with E-state index >= 15 is 0 Å². The van der Waals surface area contributed by atoms with Crippen LogP contribution in [0.3, 0.4) is 0 Å². The number of rotatable bonds is 7. The second-order valence-corrected chi connectivity index (χ2v) is 9.69. The lowest BCUT2D eigenvalue weighted by Crippen LogP contribution is -2.45. The molecule has 0 aromatic heterocycles. The fourth-order valence-corrected chi connectivity index (χ4v) is 5.82. The zero-order valence-corrected chi connectivity index (χ0v) is 19.1. The SMILES string of the molecule is O=C1N[C@@H](Cc2ccccc2)[C@@H](C(=O)NCCCN2CCC3(CCc4ccccc43)CC2)O1. The molecule has 5 rings (SSSR count). The lowest BCUT2D eigenvalue weighted by atomic mass is 9.74. The number of ether oxygens (including phenoxy) is 1. The summed E-state index contributed by atoms with van der Waals surface area (Å²) in [5, 5.41) is 5.76. The summed E-state index contributed by atoms with van der Waals surface area (Å²) in [6, 6.07) is 18.5. The first-order valence-corrected chi connectivity index (χ1v) is 12.2. The Hall–Kier alpha value is -2.86. The molecule has 0 bridgehead atoms. The van der Waals surface area contributed by atoms with Gasteiger partial charge >= 0.3 is 6.09 Å². The van der Waals surface area contributed by atoms with Gasteiger partial charge < -0.3 is 20.3 Å². The number of nitrogens with zero attached hydrogens (tertiary/aromatic N) is 1. The number of carbonyl (C=O) groups is 2. The molecule has 2 saturated heterocycles. The minimum absolute atomic E-state index is 0.213. The number of nitrogens with one attached hydrogen (secondary N) is 2. The van der Waals surface area contributed by atoms with E-state index in [0.29, 0.717) is 18.4 Å². The number of fused-ring (bicyclic) bond motifs is 2. The predicted molar refractivity (Wildman–Crippen MR) is 127 cm³/mol. The molecule has 2 N–H and O–H groups in total. The Morgan fingerprint density at radius 3 is 2.64 bits per heavy atom. The van der Waals surface area contributed by atoms with E-state index in [1.807, 2.05) is 30.3 Å². The van der Waals surface area contributed by atoms with E-state index in [1.54, 1.807) is 11.1 Å². The van der Waals surface area contributed by atoms with Crippen molar-refractivity contribution in [3.05, 3.63) is 71.3 Å². The molecule has 0 unspecified atom stereocenters. The quantitative estimate of drug-likeness (QED) is 0.640. The molecular formula is C27H33N3O3. The van der Waals surface area contributed by atoms with Gasteiger partial charge in [-0.2, -0.15) is 0 Å². The summed E-state index contributed by atoms with van der Waals surface area (Å²) in [7, 11) is 0. The lowest BCUT2D eigenvalue weighted by molar-refractivity contribution is -0.128. The van der Waals surface area contributed by atoms with Crippen LogP contribution in [0, 0.1) is 0 Å². The first-order valence-electron chi connectivity index (χ1n) is 12.2. The second-order valence-electron chi connectivity index (χ2n) is 9.69. The predicted octanol–water partition coefficient (Wildman–Crippen LogP) is 3.19. The number of carbonyl (C=O) groups excluding carboxylic acids is 2. The van der Waals surface area contributed by atoms with E-state index in [-0.39, 0.29) is 11.9 Å². The Kier molecular flexibility index (Phi) is 6.36. The van der Waals surface area contributed by atoms with E-state index in [1.165, 1.54) is 25.7 Å². The van der Waals surface area contributed by atoms with E-state index in [4.69, 9.17) is 4.74 Å². The Morgan fingerprint density at radius 2 is 1.82 bits per heavy atom. The molecule has 33 heavy (non-hydrogen) atoms. The highest BCUT2D eigenvalue weighted by Crippen LogP contribution is 2.46. The van der Waals surface area contributed by atoms with Gasteiger partial charge in [-0.1, -0.05) is 54.6 Å². The van der Waals surface area contributed by atoms with Gasteiger partial charge in [0.05, 0.1) is 6.04 Å². The molecule has 2 fully saturated rings. The summed E-state index contributed by atoms with van der Waals surface area (Å²) in [5.74, 6) is -0.213. The van der Waals surface area contributed by atoms with Crippen LogP contribution in [-0.2, 0) is 27.8 Å². The van der Waals surface area contributed by atoms with Gasteiger partial charge in [-0.05, 0) is 80.3 Å². The third kappa shape index (κ3) is 4.76. The Morgan fingerprint density at radius 1 is 1.06 bits per heavy atom. The van der Waals surface area contributed by atoms with Crippen molar-refractivity contribution >= 4 is 12.0 Å². The van der Waals surface area contributed by atoms with Crippen LogP contribution in [0.25, 0.3) is 0 Å². The van der Waals surface area contributed by atoms with E-state index < -0.39 is 12.2 Å². The molecule has 3 aliphatic rings. The first-order chi connectivity index (χ1) is 16.1. The highest BCUT2D eigenvalue weighted by molar-refractivity contribution is 5.87. The van der Waals surface area contributed by atoms with Crippen LogP contribution in [0.2, 0.25) is 0 Å². The molecule has 1 aliphatic carbocycles. The van der Waals surface area contributed by atoms with Crippen LogP contribution < -0.4 is 10.6 Å². The number of benzene rings is 2. The maximum absolute atomic E-state index is 12.7. The largest absolute Gasteiger partial charge is 0.434 e. The molecule has 174 valence electrons. The molecule has 2 aromatic rings. The second kappa shape index (κ2) is 9.56. The number of hydrogen-bond donors (Lipinski definition) is 2. The van der Waals surface area contributed by atoms with Gasteiger partial charge in [0.2, 0.25) is 6.10 Å². The molecule has 2 heterocycles. The zero-order chi connectivity index (χ0) is 22.7. The van der Waals surface area contributed by atoms with Gasteiger partial charge in [-0.25, -0.2) is 4.79 Å². The molecular weight excluding hydrogens is 414 g/mol. The van der Waals surface area contributed by atoms with Crippen LogP contribution in [-0.4, -0.2) is 55.2 Å². The number of piperidine rings is 1. The van der Waals surface area contributed by atoms with Crippen LogP contribution in [0.1, 0.15) is 42.4 Å². The van der Waals surface area contributed by atoms with Crippen molar-refractivity contribution in [1.82, 2.24) is 15.5 Å². The van der Waals surface area contributed by atoms with Crippen molar-refractivity contribution in [3.8, 4) is 0 Å². The molecule has 1 spiro atoms. The summed E-state index contributed by atoms with van der Waals surface area (Å²) in [6.45, 7) is 3.81. The molecule has 2 amide bonds. The molecule has 6 nitrogen and oxygen atoms in total. The van der Waals surface area contributed by atoms with Crippen LogP contribution in [0.15, 0.2) is 54.6 Å². The highest BCUT2D eigenvalue weighted by atomic mass is 16.6. The topological polar surface area (TPSA) is 70.7 Å². The van der Waals surface area contributed by atoms with Crippen LogP contribution >= 0.6 is 0 Å². The number of aryl methyl sites for hydroxylation is 1. The number of likely N-dealkylation sites (tertiary alicyclic amines) is 1. The minimum Gasteiger partial charge on any atom is -0.434 e. The van der Waals surface area contributed by atoms with Crippen molar-refractivity contribution in [3.63, 3.8) is 0 Å². The molecule has 2 atom stereocenters. The molecule has 2 aliphatic heterocycles. The summed E-state index contributed by atoms with van der Waals surface area (Å²) in [4.78, 5) is 27.0. The van der Waals surface area contributed by atoms with Crippen molar-refractivity contribution in [2.45, 2.75) is 56.1 Å². The van der Waals surface area contributed by atoms with Crippen molar-refractivity contribution in [2.24, 2.45) is 0 Å². The number of cyclic esters (lactones) is 1. The van der Waals surface area contributed by atoms with Gasteiger partial charge in [0, 0.05) is 6.54 Å². The molecule has 0 saturated carbocycles. The fourth-order valence-electron chi connectivity index (χ4n) is 5.82. The zero-order valence-electron chi connectivity index (χ0n) is 19.1. The summed E-state index contributed by atoms with van der Waals surface area (Å²) >= 11 is 0. The minimum atomic E-state index is -0.782. The highest BCUT2D eigenvalue weighted by Gasteiger charge is 2.41. The fraction of sp³-hybridized carbons (Fsp3) is 0.481. The summed E-state index contributed by atoms with van der Waals surface area (Å²) in [6.07, 6.45) is 5.11. The van der Waals surface area contributed by atoms with Gasteiger partial charge in [0.1, 0.15) is 0 Å². The van der Waals surface area contributed by atoms with E-state index in [9.17, 15) is 9.59 Å². The van der Waals surface area contributed by atoms with Crippen molar-refractivity contribution < 1.29 is 14.3 Å². The van der Waals surface area contributed by atoms with Gasteiger partial charge in [-0.15, -0.1) is 0 Å². The third-order valence-electron chi connectivity index (χ3n) is 7.68. The number of alkyl carbamates (subject to hydrolysis) is 1. The van der Waals surface area contributed by atoms with Crippen LogP contribution in [0.5, 0.6) is 0 Å². The van der Waals surface area contributed by atoms with Crippen molar-refractivity contribution in [2.75, 3.05) is 26.2 Å². The average Bonchev–Trinajstić information content (AvgIpc) is 3.39. The normalized spacial score (nSPS) is 23.7. The third-order valence-corrected chi connectivity index (χ3v) is 7.68. The Labute approximate surface area is 195 Å². The average molecular weight is 448 g/mol. The number of hydrogen-bond acceptors (Lipinski definition) is 4.